The molecule has 2 rings (SSSR count). The van der Waals surface area contributed by atoms with Gasteiger partial charge in [0.15, 0.2) is 0 Å². The molecule has 1 heterocycles. The Bertz CT molecular complexity index is 671. The van der Waals surface area contributed by atoms with Crippen LogP contribution in [0.5, 0.6) is 5.75 Å². The molecule has 0 spiro atoms. The Hall–Kier alpha value is -2.80. The summed E-state index contributed by atoms with van der Waals surface area (Å²) in [5.41, 5.74) is 0.979. The molecule has 1 aliphatic heterocycles. The zero-order valence-corrected chi connectivity index (χ0v) is 13.8. The number of fused-ring (bicyclic) bond motifs is 1. The summed E-state index contributed by atoms with van der Waals surface area (Å²) in [6.45, 7) is 1.50. The molecule has 0 N–H and O–H groups in total. The van der Waals surface area contributed by atoms with Gasteiger partial charge in [-0.25, -0.2) is 4.39 Å². The number of carbonyl (C=O) groups excluding carboxylic acids is 3. The van der Waals surface area contributed by atoms with Crippen LogP contribution in [0.1, 0.15) is 30.4 Å². The van der Waals surface area contributed by atoms with Crippen molar-refractivity contribution in [2.75, 3.05) is 20.3 Å². The van der Waals surface area contributed by atoms with E-state index in [2.05, 4.69) is 4.74 Å². The van der Waals surface area contributed by atoms with Gasteiger partial charge < -0.3 is 9.47 Å². The van der Waals surface area contributed by atoms with Gasteiger partial charge in [-0.3, -0.25) is 14.9 Å². The molecule has 2 atom stereocenters. The lowest BCUT2D eigenvalue weighted by Crippen LogP contribution is -2.27. The Balaban J connectivity index is 0.000000970. The van der Waals surface area contributed by atoms with Gasteiger partial charge in [0.2, 0.25) is 6.54 Å². The van der Waals surface area contributed by atoms with Crippen molar-refractivity contribution in [1.82, 2.24) is 0 Å². The Kier molecular flexibility index (Phi) is 7.68. The van der Waals surface area contributed by atoms with Crippen LogP contribution in [0.25, 0.3) is 0 Å². The second-order valence-electron chi connectivity index (χ2n) is 5.45. The number of aryl methyl sites for hydroxylation is 1. The first-order valence-corrected chi connectivity index (χ1v) is 7.49. The zero-order valence-electron chi connectivity index (χ0n) is 13.8. The van der Waals surface area contributed by atoms with E-state index in [0.29, 0.717) is 12.4 Å². The Morgan fingerprint density at radius 1 is 1.48 bits per heavy atom. The summed E-state index contributed by atoms with van der Waals surface area (Å²) in [5.74, 6) is -2.41. The molecule has 0 saturated carbocycles. The minimum Gasteiger partial charge on any atom is -0.493 e. The Labute approximate surface area is 143 Å². The van der Waals surface area contributed by atoms with Crippen molar-refractivity contribution in [1.29, 1.82) is 0 Å². The second kappa shape index (κ2) is 9.48. The summed E-state index contributed by atoms with van der Waals surface area (Å²) < 4.78 is 24.4. The highest BCUT2D eigenvalue weighted by Crippen LogP contribution is 2.34. The minimum atomic E-state index is -0.880. The number of ether oxygens (including phenoxy) is 2. The average Bonchev–Trinajstić information content (AvgIpc) is 2.58. The first-order valence-electron chi connectivity index (χ1n) is 7.49. The van der Waals surface area contributed by atoms with E-state index in [4.69, 9.17) is 14.3 Å². The third kappa shape index (κ3) is 5.36. The van der Waals surface area contributed by atoms with Gasteiger partial charge in [-0.05, 0) is 30.0 Å². The lowest BCUT2D eigenvalue weighted by Gasteiger charge is -2.23. The standard InChI is InChI=1S/C15H18FNO5.CO2/c1-9(15(18)21-2)12(8-17(19)20)11-6-10-4-3-5-22-14(10)7-13(11)16;2-1-3/h6-7,9,12H,3-5,8H2,1-2H3;/t9?,12-;/m1./s1. The van der Waals surface area contributed by atoms with Crippen molar-refractivity contribution in [3.8, 4) is 5.75 Å². The normalized spacial score (nSPS) is 14.5. The molecule has 0 amide bonds. The van der Waals surface area contributed by atoms with Crippen molar-refractivity contribution in [2.24, 2.45) is 5.92 Å². The number of rotatable bonds is 5. The van der Waals surface area contributed by atoms with E-state index >= 15 is 0 Å². The lowest BCUT2D eigenvalue weighted by molar-refractivity contribution is -0.484. The van der Waals surface area contributed by atoms with Crippen LogP contribution in [0, 0.1) is 21.8 Å². The molecule has 1 aromatic rings. The highest BCUT2D eigenvalue weighted by atomic mass is 19.1. The maximum Gasteiger partial charge on any atom is 0.373 e. The highest BCUT2D eigenvalue weighted by Gasteiger charge is 2.33. The largest absolute Gasteiger partial charge is 0.493 e. The van der Waals surface area contributed by atoms with Crippen molar-refractivity contribution >= 4 is 12.1 Å². The zero-order chi connectivity index (χ0) is 19.0. The van der Waals surface area contributed by atoms with Gasteiger partial charge in [-0.15, -0.1) is 0 Å². The molecular weight excluding hydrogens is 337 g/mol. The molecule has 0 radical (unpaired) electrons. The van der Waals surface area contributed by atoms with Gasteiger partial charge in [0.05, 0.1) is 25.6 Å². The van der Waals surface area contributed by atoms with E-state index in [1.165, 1.54) is 20.1 Å². The number of carbonyl (C=O) groups is 1. The van der Waals surface area contributed by atoms with Crippen molar-refractivity contribution in [3.05, 3.63) is 39.2 Å². The van der Waals surface area contributed by atoms with Crippen LogP contribution < -0.4 is 4.74 Å². The molecule has 8 nitrogen and oxygen atoms in total. The summed E-state index contributed by atoms with van der Waals surface area (Å²) in [5, 5.41) is 10.9. The summed E-state index contributed by atoms with van der Waals surface area (Å²) in [7, 11) is 1.21. The summed E-state index contributed by atoms with van der Waals surface area (Å²) in [6, 6.07) is 2.83. The predicted octanol–water partition coefficient (Wildman–Crippen LogP) is 1.74. The topological polar surface area (TPSA) is 113 Å². The van der Waals surface area contributed by atoms with E-state index in [9.17, 15) is 19.3 Å². The third-order valence-corrected chi connectivity index (χ3v) is 3.95. The van der Waals surface area contributed by atoms with Crippen molar-refractivity contribution in [2.45, 2.75) is 25.7 Å². The fourth-order valence-corrected chi connectivity index (χ4v) is 2.71. The lowest BCUT2D eigenvalue weighted by atomic mass is 9.85. The molecule has 0 saturated heterocycles. The fourth-order valence-electron chi connectivity index (χ4n) is 2.71. The molecule has 0 fully saturated rings. The van der Waals surface area contributed by atoms with Crippen molar-refractivity contribution < 1.29 is 33.2 Å². The number of halogens is 1. The first kappa shape index (κ1) is 20.2. The molecular formula is C16H18FNO7. The Morgan fingerprint density at radius 3 is 2.68 bits per heavy atom. The van der Waals surface area contributed by atoms with E-state index in [-0.39, 0.29) is 11.7 Å². The average molecular weight is 355 g/mol. The van der Waals surface area contributed by atoms with Crippen LogP contribution in [-0.2, 0) is 25.5 Å². The molecule has 1 unspecified atom stereocenters. The number of methoxy groups -OCH3 is 1. The second-order valence-corrected chi connectivity index (χ2v) is 5.45. The smallest absolute Gasteiger partial charge is 0.373 e. The number of esters is 1. The molecule has 136 valence electrons. The minimum absolute atomic E-state index is 0.166. The van der Waals surface area contributed by atoms with Gasteiger partial charge in [0, 0.05) is 11.0 Å². The SMILES string of the molecule is COC(=O)C(C)[C@@H](C[N+](=O)[O-])c1cc2c(cc1F)OCCC2.O=C=O. The maximum atomic E-state index is 14.4. The van der Waals surface area contributed by atoms with E-state index in [1.807, 2.05) is 0 Å². The third-order valence-electron chi connectivity index (χ3n) is 3.95. The van der Waals surface area contributed by atoms with Crippen LogP contribution in [0.15, 0.2) is 12.1 Å². The fraction of sp³-hybridized carbons (Fsp3) is 0.500. The number of nitrogens with zero attached hydrogens (tertiary/aromatic N) is 1. The first-order chi connectivity index (χ1) is 11.8. The molecule has 0 bridgehead atoms. The number of nitro groups is 1. The molecule has 0 aliphatic carbocycles. The monoisotopic (exact) mass is 355 g/mol. The van der Waals surface area contributed by atoms with Crippen LogP contribution in [0.2, 0.25) is 0 Å². The molecule has 1 aromatic carbocycles. The van der Waals surface area contributed by atoms with Crippen molar-refractivity contribution in [3.63, 3.8) is 0 Å². The van der Waals surface area contributed by atoms with Gasteiger partial charge in [-0.1, -0.05) is 6.92 Å². The van der Waals surface area contributed by atoms with Crippen LogP contribution in [0.3, 0.4) is 0 Å². The molecule has 0 aromatic heterocycles. The van der Waals surface area contributed by atoms with E-state index in [1.54, 1.807) is 6.07 Å². The Morgan fingerprint density at radius 2 is 2.12 bits per heavy atom. The summed E-state index contributed by atoms with van der Waals surface area (Å²) >= 11 is 0. The number of benzene rings is 1. The predicted molar refractivity (Wildman–Crippen MR) is 81.0 cm³/mol. The number of hydrogen-bond acceptors (Lipinski definition) is 7. The summed E-state index contributed by atoms with van der Waals surface area (Å²) in [6.07, 6.45) is 1.78. The van der Waals surface area contributed by atoms with Gasteiger partial charge >= 0.3 is 12.1 Å². The van der Waals surface area contributed by atoms with Crippen LogP contribution in [-0.4, -0.2) is 37.3 Å². The van der Waals surface area contributed by atoms with Gasteiger partial charge in [0.1, 0.15) is 11.6 Å². The molecule has 25 heavy (non-hydrogen) atoms. The van der Waals surface area contributed by atoms with Crippen LogP contribution in [0.4, 0.5) is 4.39 Å². The highest BCUT2D eigenvalue weighted by molar-refractivity contribution is 5.73. The van der Waals surface area contributed by atoms with E-state index in [0.717, 1.165) is 18.4 Å². The number of hydrogen-bond donors (Lipinski definition) is 0. The molecule has 1 aliphatic rings. The maximum absolute atomic E-state index is 14.4. The quantitative estimate of drug-likeness (QED) is 0.449. The van der Waals surface area contributed by atoms with E-state index < -0.39 is 35.1 Å². The van der Waals surface area contributed by atoms with Gasteiger partial charge in [0.25, 0.3) is 0 Å². The molecule has 9 heteroatoms. The summed E-state index contributed by atoms with van der Waals surface area (Å²) in [4.78, 5) is 38.3. The van der Waals surface area contributed by atoms with Crippen LogP contribution >= 0.6 is 0 Å². The van der Waals surface area contributed by atoms with Gasteiger partial charge in [-0.2, -0.15) is 9.59 Å².